The summed E-state index contributed by atoms with van der Waals surface area (Å²) < 4.78 is 5.83. The molecule has 164 valence electrons. The van der Waals surface area contributed by atoms with Gasteiger partial charge in [-0.05, 0) is 50.5 Å². The van der Waals surface area contributed by atoms with Crippen LogP contribution in [0, 0.1) is 12.3 Å². The van der Waals surface area contributed by atoms with Gasteiger partial charge < -0.3 is 15.8 Å². The number of ketones is 1. The molecule has 0 radical (unpaired) electrons. The first kappa shape index (κ1) is 24.2. The second-order valence-electron chi connectivity index (χ2n) is 8.68. The van der Waals surface area contributed by atoms with Crippen molar-refractivity contribution in [3.8, 4) is 18.1 Å². The number of ether oxygens (including phenoxy) is 1. The number of hydrogen-bond acceptors (Lipinski definition) is 3. The molecule has 0 fully saturated rings. The third-order valence-electron chi connectivity index (χ3n) is 4.70. The molecule has 5 heteroatoms. The highest BCUT2D eigenvalue weighted by Crippen LogP contribution is 2.19. The standard InChI is InChI=1S/C26H32N2O3/c1-5-6-12-24(29)23(18-19-10-8-7-9-11-19)28-25(30)22(27)17-20-13-15-21(16-14-20)31-26(2,3)4/h1,7-11,13-16,22-23H,6,12,17-18,27H2,2-4H3,(H,28,30)/p+1/t22-,23-/m0/s1. The quantitative estimate of drug-likeness (QED) is 0.579. The monoisotopic (exact) mass is 421 g/mol. The van der Waals surface area contributed by atoms with E-state index in [2.05, 4.69) is 17.0 Å². The Kier molecular flexibility index (Phi) is 8.84. The normalized spacial score (nSPS) is 13.0. The molecule has 0 saturated heterocycles. The summed E-state index contributed by atoms with van der Waals surface area (Å²) in [6.07, 6.45) is 6.80. The molecular formula is C26H33N2O3+. The topological polar surface area (TPSA) is 83.0 Å². The highest BCUT2D eigenvalue weighted by molar-refractivity contribution is 5.90. The lowest BCUT2D eigenvalue weighted by molar-refractivity contribution is -0.403. The first-order valence-electron chi connectivity index (χ1n) is 10.6. The van der Waals surface area contributed by atoms with Crippen LogP contribution in [0.2, 0.25) is 0 Å². The molecular weight excluding hydrogens is 388 g/mol. The molecule has 2 rings (SSSR count). The Morgan fingerprint density at radius 3 is 2.23 bits per heavy atom. The van der Waals surface area contributed by atoms with E-state index in [4.69, 9.17) is 11.2 Å². The zero-order chi connectivity index (χ0) is 22.9. The maximum absolute atomic E-state index is 12.8. The van der Waals surface area contributed by atoms with Gasteiger partial charge in [-0.25, -0.2) is 0 Å². The minimum atomic E-state index is -0.616. The maximum Gasteiger partial charge on any atom is 0.279 e. The number of rotatable bonds is 10. The number of Topliss-reactive ketones (excluding diaryl/α,β-unsaturated/α-hetero) is 1. The molecule has 1 amide bonds. The fourth-order valence-corrected chi connectivity index (χ4v) is 3.18. The number of benzene rings is 2. The fraction of sp³-hybridized carbons (Fsp3) is 0.385. The average molecular weight is 422 g/mol. The van der Waals surface area contributed by atoms with E-state index in [1.54, 1.807) is 0 Å². The van der Waals surface area contributed by atoms with Gasteiger partial charge in [0, 0.05) is 19.3 Å². The molecule has 0 aliphatic carbocycles. The van der Waals surface area contributed by atoms with Gasteiger partial charge in [0.25, 0.3) is 5.91 Å². The summed E-state index contributed by atoms with van der Waals surface area (Å²) >= 11 is 0. The van der Waals surface area contributed by atoms with Crippen molar-refractivity contribution in [1.29, 1.82) is 0 Å². The Morgan fingerprint density at radius 2 is 1.65 bits per heavy atom. The van der Waals surface area contributed by atoms with Crippen molar-refractivity contribution in [2.24, 2.45) is 0 Å². The lowest BCUT2D eigenvalue weighted by Gasteiger charge is -2.21. The predicted octanol–water partition coefficient (Wildman–Crippen LogP) is 2.73. The Balaban J connectivity index is 2.01. The summed E-state index contributed by atoms with van der Waals surface area (Å²) in [6.45, 7) is 5.98. The van der Waals surface area contributed by atoms with Crippen LogP contribution in [0.25, 0.3) is 0 Å². The zero-order valence-corrected chi connectivity index (χ0v) is 18.7. The van der Waals surface area contributed by atoms with Gasteiger partial charge in [-0.1, -0.05) is 42.5 Å². The third kappa shape index (κ3) is 8.65. The average Bonchev–Trinajstić information content (AvgIpc) is 2.72. The van der Waals surface area contributed by atoms with Crippen LogP contribution in [-0.2, 0) is 22.4 Å². The Hall–Kier alpha value is -3.10. The summed E-state index contributed by atoms with van der Waals surface area (Å²) in [6, 6.07) is 16.2. The molecule has 0 saturated carbocycles. The van der Waals surface area contributed by atoms with E-state index in [1.807, 2.05) is 75.4 Å². The number of carbonyl (C=O) groups is 2. The molecule has 0 aliphatic rings. The largest absolute Gasteiger partial charge is 0.488 e. The van der Waals surface area contributed by atoms with Crippen LogP contribution in [0.5, 0.6) is 5.75 Å². The van der Waals surface area contributed by atoms with Gasteiger partial charge in [-0.2, -0.15) is 0 Å². The number of amides is 1. The Bertz CT molecular complexity index is 893. The van der Waals surface area contributed by atoms with Crippen molar-refractivity contribution in [3.05, 3.63) is 65.7 Å². The molecule has 4 N–H and O–H groups in total. The van der Waals surface area contributed by atoms with Crippen LogP contribution in [0.3, 0.4) is 0 Å². The summed E-state index contributed by atoms with van der Waals surface area (Å²) in [5.74, 6) is 2.96. The molecule has 31 heavy (non-hydrogen) atoms. The van der Waals surface area contributed by atoms with Gasteiger partial charge in [-0.3, -0.25) is 9.59 Å². The molecule has 5 nitrogen and oxygen atoms in total. The van der Waals surface area contributed by atoms with Crippen LogP contribution in [0.1, 0.15) is 44.7 Å². The van der Waals surface area contributed by atoms with E-state index in [1.165, 1.54) is 0 Å². The third-order valence-corrected chi connectivity index (χ3v) is 4.70. The summed E-state index contributed by atoms with van der Waals surface area (Å²) in [5.41, 5.74) is 5.71. The van der Waals surface area contributed by atoms with Crippen LogP contribution in [-0.4, -0.2) is 29.4 Å². The minimum absolute atomic E-state index is 0.0639. The fourth-order valence-electron chi connectivity index (χ4n) is 3.18. The van der Waals surface area contributed by atoms with E-state index >= 15 is 0 Å². The van der Waals surface area contributed by atoms with Crippen LogP contribution >= 0.6 is 0 Å². The first-order chi connectivity index (χ1) is 14.7. The van der Waals surface area contributed by atoms with Crippen LogP contribution in [0.4, 0.5) is 0 Å². The number of quaternary nitrogens is 1. The van der Waals surface area contributed by atoms with E-state index in [9.17, 15) is 9.59 Å². The molecule has 0 heterocycles. The lowest BCUT2D eigenvalue weighted by Crippen LogP contribution is -2.69. The van der Waals surface area contributed by atoms with E-state index in [0.29, 0.717) is 19.3 Å². The van der Waals surface area contributed by atoms with Gasteiger partial charge in [-0.15, -0.1) is 12.3 Å². The summed E-state index contributed by atoms with van der Waals surface area (Å²) in [5, 5.41) is 2.89. The minimum Gasteiger partial charge on any atom is -0.488 e. The smallest absolute Gasteiger partial charge is 0.279 e. The van der Waals surface area contributed by atoms with Crippen molar-refractivity contribution in [3.63, 3.8) is 0 Å². The molecule has 0 aromatic heterocycles. The van der Waals surface area contributed by atoms with Gasteiger partial charge in [0.05, 0.1) is 6.04 Å². The predicted molar refractivity (Wildman–Crippen MR) is 122 cm³/mol. The van der Waals surface area contributed by atoms with Crippen LogP contribution < -0.4 is 15.8 Å². The maximum atomic E-state index is 12.8. The van der Waals surface area contributed by atoms with Gasteiger partial charge in [0.1, 0.15) is 11.4 Å². The molecule has 0 aliphatic heterocycles. The first-order valence-corrected chi connectivity index (χ1v) is 10.6. The van der Waals surface area contributed by atoms with Crippen LogP contribution in [0.15, 0.2) is 54.6 Å². The second-order valence-corrected chi connectivity index (χ2v) is 8.68. The van der Waals surface area contributed by atoms with Crippen molar-refractivity contribution in [1.82, 2.24) is 5.32 Å². The van der Waals surface area contributed by atoms with Gasteiger partial charge >= 0.3 is 0 Å². The molecule has 0 spiro atoms. The Morgan fingerprint density at radius 1 is 1.03 bits per heavy atom. The van der Waals surface area contributed by atoms with Crippen molar-refractivity contribution in [2.75, 3.05) is 0 Å². The van der Waals surface area contributed by atoms with E-state index in [0.717, 1.165) is 16.9 Å². The number of terminal acetylenes is 1. The van der Waals surface area contributed by atoms with Gasteiger partial charge in [0.2, 0.25) is 0 Å². The lowest BCUT2D eigenvalue weighted by atomic mass is 9.98. The molecule has 0 bridgehead atoms. The highest BCUT2D eigenvalue weighted by atomic mass is 16.5. The molecule has 2 atom stereocenters. The number of carbonyl (C=O) groups excluding carboxylic acids is 2. The van der Waals surface area contributed by atoms with Crippen molar-refractivity contribution >= 4 is 11.7 Å². The van der Waals surface area contributed by atoms with Crippen molar-refractivity contribution in [2.45, 2.75) is 64.1 Å². The molecule has 2 aromatic rings. The highest BCUT2D eigenvalue weighted by Gasteiger charge is 2.25. The second kappa shape index (κ2) is 11.3. The number of hydrogen-bond donors (Lipinski definition) is 2. The van der Waals surface area contributed by atoms with E-state index in [-0.39, 0.29) is 23.7 Å². The summed E-state index contributed by atoms with van der Waals surface area (Å²) in [4.78, 5) is 25.4. The Labute approximate surface area is 185 Å². The SMILES string of the molecule is C#CCCC(=O)[C@H](Cc1ccccc1)NC(=O)[C@@H]([NH3+])Cc1ccc(OC(C)(C)C)cc1. The number of nitrogens with one attached hydrogen (secondary N) is 1. The van der Waals surface area contributed by atoms with Crippen molar-refractivity contribution < 1.29 is 20.1 Å². The summed E-state index contributed by atoms with van der Waals surface area (Å²) in [7, 11) is 0. The zero-order valence-electron chi connectivity index (χ0n) is 18.7. The van der Waals surface area contributed by atoms with Gasteiger partial charge in [0.15, 0.2) is 11.8 Å². The van der Waals surface area contributed by atoms with E-state index < -0.39 is 12.1 Å². The molecule has 2 aromatic carbocycles. The molecule has 0 unspecified atom stereocenters.